The third kappa shape index (κ3) is 6.96. The Morgan fingerprint density at radius 1 is 1.29 bits per heavy atom. The quantitative estimate of drug-likeness (QED) is 0.715. The number of hydrogen-bond donors (Lipinski definition) is 2. The van der Waals surface area contributed by atoms with Crippen molar-refractivity contribution in [2.75, 3.05) is 0 Å². The summed E-state index contributed by atoms with van der Waals surface area (Å²) in [5.41, 5.74) is 2.69. The highest BCUT2D eigenvalue weighted by Gasteiger charge is 2.26. The van der Waals surface area contributed by atoms with Crippen molar-refractivity contribution in [2.24, 2.45) is 0 Å². The minimum Gasteiger partial charge on any atom is -0.444 e. The number of aryl methyl sites for hydroxylation is 1. The van der Waals surface area contributed by atoms with Gasteiger partial charge in [0.1, 0.15) is 5.60 Å². The van der Waals surface area contributed by atoms with Crippen LogP contribution in [0.3, 0.4) is 0 Å². The molecule has 28 heavy (non-hydrogen) atoms. The number of aromatic nitrogens is 2. The molecule has 0 saturated carbocycles. The summed E-state index contributed by atoms with van der Waals surface area (Å²) < 4.78 is 5.34. The van der Waals surface area contributed by atoms with Gasteiger partial charge in [-0.05, 0) is 53.2 Å². The van der Waals surface area contributed by atoms with Gasteiger partial charge in [0.25, 0.3) is 0 Å². The Balaban J connectivity index is 1.92. The van der Waals surface area contributed by atoms with Gasteiger partial charge in [-0.2, -0.15) is 0 Å². The molecule has 2 rings (SSSR count). The molecule has 1 amide bonds. The van der Waals surface area contributed by atoms with Gasteiger partial charge in [-0.1, -0.05) is 12.6 Å². The van der Waals surface area contributed by atoms with Crippen molar-refractivity contribution < 1.29 is 9.53 Å². The molecule has 2 heterocycles. The first-order valence-electron chi connectivity index (χ1n) is 9.24. The van der Waals surface area contributed by atoms with E-state index >= 15 is 0 Å². The first kappa shape index (κ1) is 21.9. The lowest BCUT2D eigenvalue weighted by atomic mass is 10.0. The molecule has 0 aliphatic rings. The van der Waals surface area contributed by atoms with Gasteiger partial charge in [0.15, 0.2) is 0 Å². The molecular formula is C21H30N4O2S. The lowest BCUT2D eigenvalue weighted by molar-refractivity contribution is 0.0472. The van der Waals surface area contributed by atoms with Crippen molar-refractivity contribution >= 4 is 23.1 Å². The van der Waals surface area contributed by atoms with E-state index in [-0.39, 0.29) is 0 Å². The highest BCUT2D eigenvalue weighted by atomic mass is 32.1. The van der Waals surface area contributed by atoms with Crippen LogP contribution in [0.25, 0.3) is 5.70 Å². The number of rotatable bonds is 7. The molecule has 0 saturated heterocycles. The third-order valence-corrected chi connectivity index (χ3v) is 4.73. The molecule has 6 nitrogen and oxygen atoms in total. The second-order valence-corrected chi connectivity index (χ2v) is 9.36. The van der Waals surface area contributed by atoms with Crippen molar-refractivity contribution in [2.45, 2.75) is 65.6 Å². The fraction of sp³-hybridized carbons (Fsp3) is 0.476. The second kappa shape index (κ2) is 8.73. The van der Waals surface area contributed by atoms with E-state index in [0.29, 0.717) is 13.0 Å². The summed E-state index contributed by atoms with van der Waals surface area (Å²) in [6, 6.07) is 3.96. The zero-order chi connectivity index (χ0) is 20.9. The van der Waals surface area contributed by atoms with Gasteiger partial charge < -0.3 is 15.4 Å². The number of amides is 1. The molecule has 2 N–H and O–H groups in total. The average Bonchev–Trinajstić information content (AvgIpc) is 2.99. The SMILES string of the molecule is C=C(NCc1ncccc1C)c1csc(CC(C)(C)NC(=O)OC(C)(C)C)n1. The molecule has 0 bridgehead atoms. The van der Waals surface area contributed by atoms with Gasteiger partial charge in [-0.15, -0.1) is 11.3 Å². The number of carbonyl (C=O) groups is 1. The maximum Gasteiger partial charge on any atom is 0.408 e. The molecule has 7 heteroatoms. The standard InChI is InChI=1S/C21H30N4O2S/c1-14-9-8-10-22-16(14)12-23-15(2)17-13-28-18(24-17)11-21(6,7)25-19(26)27-20(3,4)5/h8-10,13,23H,2,11-12H2,1,3-7H3,(H,25,26). The van der Waals surface area contributed by atoms with E-state index in [4.69, 9.17) is 4.74 Å². The number of nitrogens with zero attached hydrogens (tertiary/aromatic N) is 2. The first-order chi connectivity index (χ1) is 13.0. The molecule has 0 aliphatic heterocycles. The molecule has 2 aromatic rings. The second-order valence-electron chi connectivity index (χ2n) is 8.41. The summed E-state index contributed by atoms with van der Waals surface area (Å²) in [6.45, 7) is 16.2. The number of pyridine rings is 1. The number of carbonyl (C=O) groups excluding carboxylic acids is 1. The van der Waals surface area contributed by atoms with Crippen LogP contribution in [0.4, 0.5) is 4.79 Å². The molecule has 0 aromatic carbocycles. The summed E-state index contributed by atoms with van der Waals surface area (Å²) in [5.74, 6) is 0. The zero-order valence-electron chi connectivity index (χ0n) is 17.5. The zero-order valence-corrected chi connectivity index (χ0v) is 18.4. The van der Waals surface area contributed by atoms with Crippen molar-refractivity contribution in [1.29, 1.82) is 0 Å². The average molecular weight is 403 g/mol. The first-order valence-corrected chi connectivity index (χ1v) is 10.1. The van der Waals surface area contributed by atoms with E-state index in [1.54, 1.807) is 17.5 Å². The van der Waals surface area contributed by atoms with Crippen LogP contribution < -0.4 is 10.6 Å². The van der Waals surface area contributed by atoms with Gasteiger partial charge in [0, 0.05) is 23.5 Å². The van der Waals surface area contributed by atoms with Crippen LogP contribution in [0.2, 0.25) is 0 Å². The summed E-state index contributed by atoms with van der Waals surface area (Å²) in [7, 11) is 0. The van der Waals surface area contributed by atoms with Crippen LogP contribution in [0.1, 0.15) is 56.6 Å². The van der Waals surface area contributed by atoms with Crippen LogP contribution in [-0.4, -0.2) is 27.2 Å². The van der Waals surface area contributed by atoms with Crippen LogP contribution >= 0.6 is 11.3 Å². The number of hydrogen-bond acceptors (Lipinski definition) is 6. The molecule has 0 atom stereocenters. The fourth-order valence-electron chi connectivity index (χ4n) is 2.52. The Bertz CT molecular complexity index is 837. The molecular weight excluding hydrogens is 372 g/mol. The molecule has 0 aliphatic carbocycles. The Morgan fingerprint density at radius 3 is 2.64 bits per heavy atom. The Hall–Kier alpha value is -2.41. The topological polar surface area (TPSA) is 76.1 Å². The Morgan fingerprint density at radius 2 is 2.00 bits per heavy atom. The molecule has 0 unspecified atom stereocenters. The maximum atomic E-state index is 12.0. The number of alkyl carbamates (subject to hydrolysis) is 1. The van der Waals surface area contributed by atoms with Crippen molar-refractivity contribution in [3.63, 3.8) is 0 Å². The van der Waals surface area contributed by atoms with E-state index in [2.05, 4.69) is 27.2 Å². The number of nitrogens with one attached hydrogen (secondary N) is 2. The third-order valence-electron chi connectivity index (χ3n) is 3.88. The lowest BCUT2D eigenvalue weighted by Gasteiger charge is -2.28. The number of ether oxygens (including phenoxy) is 1. The molecule has 0 fully saturated rings. The Labute approximate surface area is 171 Å². The summed E-state index contributed by atoms with van der Waals surface area (Å²) in [5, 5.41) is 9.10. The lowest BCUT2D eigenvalue weighted by Crippen LogP contribution is -2.47. The van der Waals surface area contributed by atoms with Crippen LogP contribution in [0, 0.1) is 6.92 Å². The summed E-state index contributed by atoms with van der Waals surface area (Å²) in [6.07, 6.45) is 1.96. The van der Waals surface area contributed by atoms with Crippen LogP contribution in [-0.2, 0) is 17.7 Å². The van der Waals surface area contributed by atoms with E-state index in [1.165, 1.54) is 0 Å². The van der Waals surface area contributed by atoms with Crippen molar-refractivity contribution in [3.05, 3.63) is 52.2 Å². The van der Waals surface area contributed by atoms with E-state index in [0.717, 1.165) is 27.7 Å². The predicted octanol–water partition coefficient (Wildman–Crippen LogP) is 4.45. The maximum absolute atomic E-state index is 12.0. The monoisotopic (exact) mass is 402 g/mol. The minimum atomic E-state index is -0.524. The van der Waals surface area contributed by atoms with Crippen molar-refractivity contribution in [1.82, 2.24) is 20.6 Å². The largest absolute Gasteiger partial charge is 0.444 e. The van der Waals surface area contributed by atoms with Crippen LogP contribution in [0.15, 0.2) is 30.3 Å². The highest BCUT2D eigenvalue weighted by Crippen LogP contribution is 2.21. The normalized spacial score (nSPS) is 11.8. The van der Waals surface area contributed by atoms with Gasteiger partial charge in [0.05, 0.1) is 28.6 Å². The summed E-state index contributed by atoms with van der Waals surface area (Å²) >= 11 is 1.55. The smallest absolute Gasteiger partial charge is 0.408 e. The van der Waals surface area contributed by atoms with Gasteiger partial charge in [-0.25, -0.2) is 9.78 Å². The van der Waals surface area contributed by atoms with E-state index in [1.807, 2.05) is 59.1 Å². The summed E-state index contributed by atoms with van der Waals surface area (Å²) in [4.78, 5) is 21.1. The Kier molecular flexibility index (Phi) is 6.82. The van der Waals surface area contributed by atoms with Crippen molar-refractivity contribution in [3.8, 4) is 0 Å². The van der Waals surface area contributed by atoms with Gasteiger partial charge >= 0.3 is 6.09 Å². The predicted molar refractivity (Wildman–Crippen MR) is 114 cm³/mol. The van der Waals surface area contributed by atoms with E-state index in [9.17, 15) is 4.79 Å². The highest BCUT2D eigenvalue weighted by molar-refractivity contribution is 7.09. The van der Waals surface area contributed by atoms with Gasteiger partial charge in [-0.3, -0.25) is 4.98 Å². The molecule has 0 spiro atoms. The molecule has 2 aromatic heterocycles. The molecule has 152 valence electrons. The number of thiazole rings is 1. The molecule has 0 radical (unpaired) electrons. The van der Waals surface area contributed by atoms with Gasteiger partial charge in [0.2, 0.25) is 0 Å². The fourth-order valence-corrected chi connectivity index (χ4v) is 3.56. The van der Waals surface area contributed by atoms with Crippen LogP contribution in [0.5, 0.6) is 0 Å². The van der Waals surface area contributed by atoms with E-state index < -0.39 is 17.2 Å². The minimum absolute atomic E-state index is 0.425.